The summed E-state index contributed by atoms with van der Waals surface area (Å²) in [4.78, 5) is 29.4. The highest BCUT2D eigenvalue weighted by Gasteiger charge is 2.38. The van der Waals surface area contributed by atoms with E-state index in [0.29, 0.717) is 32.7 Å². The number of carbonyl (C=O) groups is 2. The van der Waals surface area contributed by atoms with Crippen LogP contribution in [-0.2, 0) is 16.1 Å². The summed E-state index contributed by atoms with van der Waals surface area (Å²) in [5.41, 5.74) is 0.536. The Morgan fingerprint density at radius 2 is 1.91 bits per heavy atom. The lowest BCUT2D eigenvalue weighted by Crippen LogP contribution is -2.50. The Morgan fingerprint density at radius 3 is 2.58 bits per heavy atom. The van der Waals surface area contributed by atoms with Crippen molar-refractivity contribution < 1.29 is 19.4 Å². The first-order chi connectivity index (χ1) is 15.9. The van der Waals surface area contributed by atoms with Gasteiger partial charge in [-0.25, -0.2) is 0 Å². The van der Waals surface area contributed by atoms with Crippen molar-refractivity contribution >= 4 is 11.8 Å². The van der Waals surface area contributed by atoms with E-state index < -0.39 is 5.60 Å². The summed E-state index contributed by atoms with van der Waals surface area (Å²) in [5, 5.41) is 14.2. The van der Waals surface area contributed by atoms with Crippen LogP contribution in [0.15, 0.2) is 24.3 Å². The van der Waals surface area contributed by atoms with Crippen molar-refractivity contribution in [3.05, 3.63) is 29.8 Å². The van der Waals surface area contributed by atoms with Crippen LogP contribution in [0, 0.1) is 0 Å². The number of likely N-dealkylation sites (tertiary alicyclic amines) is 3. The Hall–Kier alpha value is -2.16. The van der Waals surface area contributed by atoms with Crippen LogP contribution < -0.4 is 10.1 Å². The molecule has 3 aliphatic heterocycles. The first-order valence-electron chi connectivity index (χ1n) is 12.3. The number of nitrogens with zero attached hydrogens (tertiary/aromatic N) is 3. The van der Waals surface area contributed by atoms with Crippen LogP contribution in [0.5, 0.6) is 5.75 Å². The number of ether oxygens (including phenoxy) is 1. The van der Waals surface area contributed by atoms with E-state index in [9.17, 15) is 14.7 Å². The first kappa shape index (κ1) is 24.0. The number of amides is 2. The smallest absolute Gasteiger partial charge is 0.222 e. The van der Waals surface area contributed by atoms with Gasteiger partial charge in [0.25, 0.3) is 0 Å². The van der Waals surface area contributed by atoms with Crippen LogP contribution in [0.25, 0.3) is 0 Å². The van der Waals surface area contributed by atoms with Gasteiger partial charge in [-0.05, 0) is 43.4 Å². The summed E-state index contributed by atoms with van der Waals surface area (Å²) in [7, 11) is 0. The zero-order valence-corrected chi connectivity index (χ0v) is 19.8. The molecule has 3 heterocycles. The fraction of sp³-hybridized carbons (Fsp3) is 0.680. The number of benzene rings is 1. The van der Waals surface area contributed by atoms with E-state index in [1.54, 1.807) is 6.92 Å². The maximum atomic E-state index is 11.7. The molecular formula is C25H38N4O4. The minimum absolute atomic E-state index is 0.0386. The van der Waals surface area contributed by atoms with Gasteiger partial charge in [0.2, 0.25) is 11.8 Å². The van der Waals surface area contributed by atoms with Gasteiger partial charge in [0, 0.05) is 65.2 Å². The summed E-state index contributed by atoms with van der Waals surface area (Å²) in [6.45, 7) is 8.51. The maximum absolute atomic E-state index is 11.7. The highest BCUT2D eigenvalue weighted by atomic mass is 16.5. The molecule has 3 fully saturated rings. The summed E-state index contributed by atoms with van der Waals surface area (Å²) in [6, 6.07) is 8.41. The van der Waals surface area contributed by atoms with Crippen molar-refractivity contribution in [2.75, 3.05) is 52.4 Å². The van der Waals surface area contributed by atoms with Crippen LogP contribution in [-0.4, -0.2) is 95.7 Å². The van der Waals surface area contributed by atoms with Gasteiger partial charge in [-0.2, -0.15) is 0 Å². The van der Waals surface area contributed by atoms with Gasteiger partial charge in [-0.1, -0.05) is 12.1 Å². The fourth-order valence-electron chi connectivity index (χ4n) is 5.31. The van der Waals surface area contributed by atoms with Gasteiger partial charge in [0.05, 0.1) is 12.1 Å². The van der Waals surface area contributed by atoms with E-state index in [4.69, 9.17) is 4.74 Å². The van der Waals surface area contributed by atoms with Crippen LogP contribution in [0.3, 0.4) is 0 Å². The van der Waals surface area contributed by atoms with Gasteiger partial charge in [0.1, 0.15) is 12.4 Å². The van der Waals surface area contributed by atoms with Crippen LogP contribution in [0.4, 0.5) is 0 Å². The Kier molecular flexibility index (Phi) is 7.88. The minimum Gasteiger partial charge on any atom is -0.492 e. The second kappa shape index (κ2) is 10.8. The average molecular weight is 459 g/mol. The molecule has 0 aliphatic carbocycles. The Morgan fingerprint density at radius 1 is 1.15 bits per heavy atom. The summed E-state index contributed by atoms with van der Waals surface area (Å²) < 4.78 is 5.81. The quantitative estimate of drug-likeness (QED) is 0.579. The van der Waals surface area contributed by atoms with E-state index in [2.05, 4.69) is 27.2 Å². The van der Waals surface area contributed by atoms with E-state index in [1.807, 2.05) is 17.0 Å². The molecule has 182 valence electrons. The van der Waals surface area contributed by atoms with Gasteiger partial charge in [0.15, 0.2) is 0 Å². The molecule has 8 heteroatoms. The zero-order chi connectivity index (χ0) is 23.3. The van der Waals surface area contributed by atoms with Crippen molar-refractivity contribution in [1.29, 1.82) is 0 Å². The molecule has 3 aliphatic rings. The molecule has 0 bridgehead atoms. The predicted octanol–water partition coefficient (Wildman–Crippen LogP) is 1.23. The van der Waals surface area contributed by atoms with E-state index >= 15 is 0 Å². The number of carbonyl (C=O) groups excluding carboxylic acids is 2. The van der Waals surface area contributed by atoms with Crippen LogP contribution in [0.2, 0.25) is 0 Å². The van der Waals surface area contributed by atoms with Crippen molar-refractivity contribution in [2.24, 2.45) is 0 Å². The number of nitrogens with one attached hydrogen (secondary N) is 1. The predicted molar refractivity (Wildman–Crippen MR) is 126 cm³/mol. The molecule has 2 N–H and O–H groups in total. The monoisotopic (exact) mass is 458 g/mol. The highest BCUT2D eigenvalue weighted by Crippen LogP contribution is 2.26. The Bertz CT molecular complexity index is 809. The first-order valence-corrected chi connectivity index (χ1v) is 12.3. The summed E-state index contributed by atoms with van der Waals surface area (Å²) in [6.07, 6.45) is 4.30. The number of hydrogen-bond acceptors (Lipinski definition) is 6. The third kappa shape index (κ3) is 6.91. The molecule has 1 aromatic carbocycles. The molecule has 1 atom stereocenters. The van der Waals surface area contributed by atoms with Crippen LogP contribution in [0.1, 0.15) is 44.6 Å². The van der Waals surface area contributed by atoms with Crippen LogP contribution >= 0.6 is 0 Å². The normalized spacial score (nSPS) is 25.0. The average Bonchev–Trinajstić information content (AvgIpc) is 3.35. The molecule has 3 saturated heterocycles. The van der Waals surface area contributed by atoms with Crippen molar-refractivity contribution in [3.63, 3.8) is 0 Å². The molecule has 0 spiro atoms. The maximum Gasteiger partial charge on any atom is 0.222 e. The lowest BCUT2D eigenvalue weighted by atomic mass is 9.99. The lowest BCUT2D eigenvalue weighted by molar-refractivity contribution is -0.128. The molecule has 0 aromatic heterocycles. The molecule has 33 heavy (non-hydrogen) atoms. The third-order valence-corrected chi connectivity index (χ3v) is 7.06. The molecular weight excluding hydrogens is 420 g/mol. The molecule has 2 amide bonds. The van der Waals surface area contributed by atoms with E-state index in [0.717, 1.165) is 64.2 Å². The molecule has 8 nitrogen and oxygen atoms in total. The van der Waals surface area contributed by atoms with Gasteiger partial charge in [-0.3, -0.25) is 14.5 Å². The van der Waals surface area contributed by atoms with E-state index in [1.165, 1.54) is 5.56 Å². The number of β-amino-alcohol motifs (C(OH)–C–C–N with tert-alkyl or cyclic N) is 1. The Balaban J connectivity index is 1.17. The molecule has 0 radical (unpaired) electrons. The van der Waals surface area contributed by atoms with E-state index in [-0.39, 0.29) is 17.9 Å². The van der Waals surface area contributed by atoms with Crippen molar-refractivity contribution in [2.45, 2.75) is 57.2 Å². The molecule has 0 saturated carbocycles. The molecule has 1 aromatic rings. The second-order valence-corrected chi connectivity index (χ2v) is 9.91. The zero-order valence-electron chi connectivity index (χ0n) is 19.8. The number of piperidine rings is 1. The van der Waals surface area contributed by atoms with Gasteiger partial charge < -0.3 is 25.0 Å². The topological polar surface area (TPSA) is 85.3 Å². The highest BCUT2D eigenvalue weighted by molar-refractivity contribution is 5.78. The summed E-state index contributed by atoms with van der Waals surface area (Å²) >= 11 is 0. The van der Waals surface area contributed by atoms with Gasteiger partial charge in [-0.15, -0.1) is 0 Å². The Labute approximate surface area is 196 Å². The SMILES string of the molecule is CC(=O)NC1CCN(CC2(O)CCN(Cc3ccc(OCCN4CCCC4=O)cc3)C2)CC1. The summed E-state index contributed by atoms with van der Waals surface area (Å²) in [5.74, 6) is 1.09. The number of aliphatic hydroxyl groups is 1. The van der Waals surface area contributed by atoms with Crippen molar-refractivity contribution in [1.82, 2.24) is 20.0 Å². The largest absolute Gasteiger partial charge is 0.492 e. The van der Waals surface area contributed by atoms with Gasteiger partial charge >= 0.3 is 0 Å². The molecule has 1 unspecified atom stereocenters. The lowest BCUT2D eigenvalue weighted by Gasteiger charge is -2.36. The van der Waals surface area contributed by atoms with Crippen molar-refractivity contribution in [3.8, 4) is 5.75 Å². The number of hydrogen-bond donors (Lipinski definition) is 2. The fourth-order valence-corrected chi connectivity index (χ4v) is 5.31. The third-order valence-electron chi connectivity index (χ3n) is 7.06. The standard InChI is InChI=1S/C25H38N4O4/c1-20(30)26-22-8-12-27(13-9-22)18-25(32)10-14-28(19-25)17-21-4-6-23(7-5-21)33-16-15-29-11-2-3-24(29)31/h4-7,22,32H,2-3,8-19H2,1H3,(H,26,30). The molecule has 4 rings (SSSR count). The second-order valence-electron chi connectivity index (χ2n) is 9.91. The number of rotatable bonds is 9. The minimum atomic E-state index is -0.670.